The second-order valence-electron chi connectivity index (χ2n) is 6.51. The van der Waals surface area contributed by atoms with Gasteiger partial charge in [-0.05, 0) is 48.9 Å². The molecule has 8 nitrogen and oxygen atoms in total. The lowest BCUT2D eigenvalue weighted by molar-refractivity contribution is -0.384. The van der Waals surface area contributed by atoms with Crippen LogP contribution >= 0.6 is 11.6 Å². The van der Waals surface area contributed by atoms with Crippen LogP contribution in [-0.2, 0) is 0 Å². The molecule has 3 aromatic rings. The second-order valence-corrected chi connectivity index (χ2v) is 6.92. The van der Waals surface area contributed by atoms with Crippen LogP contribution in [0, 0.1) is 17.0 Å². The Morgan fingerprint density at radius 3 is 2.42 bits per heavy atom. The summed E-state index contributed by atoms with van der Waals surface area (Å²) in [6, 6.07) is 17.4. The predicted octanol–water partition coefficient (Wildman–Crippen LogP) is 4.57. The van der Waals surface area contributed by atoms with E-state index < -0.39 is 10.8 Å². The summed E-state index contributed by atoms with van der Waals surface area (Å²) in [5.41, 5.74) is 4.77. The lowest BCUT2D eigenvalue weighted by atomic mass is 10.1. The smallest absolute Gasteiger partial charge is 0.271 e. The van der Waals surface area contributed by atoms with Gasteiger partial charge in [-0.1, -0.05) is 29.8 Å². The molecule has 0 atom stereocenters. The first-order chi connectivity index (χ1) is 14.8. The van der Waals surface area contributed by atoms with Gasteiger partial charge in [-0.3, -0.25) is 19.7 Å². The lowest BCUT2D eigenvalue weighted by Gasteiger charge is -2.08. The summed E-state index contributed by atoms with van der Waals surface area (Å²) in [7, 11) is 0. The van der Waals surface area contributed by atoms with Gasteiger partial charge in [0.25, 0.3) is 17.5 Å². The number of halogens is 1. The standard InChI is InChI=1S/C22H17ClN4O4/c1-14-4-2-3-5-19(14)22(29)25-17-8-6-15(7-9-17)21(28)26-24-13-16-12-18(27(30)31)10-11-20(16)23/h2-13H,1H3,(H,25,29)(H,26,28). The molecule has 0 spiro atoms. The Balaban J connectivity index is 1.62. The number of hydrazone groups is 1. The highest BCUT2D eigenvalue weighted by molar-refractivity contribution is 6.33. The maximum Gasteiger partial charge on any atom is 0.271 e. The molecule has 31 heavy (non-hydrogen) atoms. The normalized spacial score (nSPS) is 10.6. The van der Waals surface area contributed by atoms with E-state index in [2.05, 4.69) is 15.8 Å². The van der Waals surface area contributed by atoms with Gasteiger partial charge in [-0.15, -0.1) is 0 Å². The molecule has 0 saturated carbocycles. The Labute approximate surface area is 182 Å². The summed E-state index contributed by atoms with van der Waals surface area (Å²) in [6.07, 6.45) is 1.23. The van der Waals surface area contributed by atoms with Crippen molar-refractivity contribution in [1.82, 2.24) is 5.43 Å². The van der Waals surface area contributed by atoms with Gasteiger partial charge in [-0.25, -0.2) is 5.43 Å². The minimum atomic E-state index is -0.550. The van der Waals surface area contributed by atoms with E-state index in [4.69, 9.17) is 11.6 Å². The summed E-state index contributed by atoms with van der Waals surface area (Å²) >= 11 is 5.99. The zero-order valence-electron chi connectivity index (χ0n) is 16.3. The number of nitrogens with zero attached hydrogens (tertiary/aromatic N) is 2. The summed E-state index contributed by atoms with van der Waals surface area (Å²) in [5, 5.41) is 17.7. The molecule has 0 saturated heterocycles. The molecule has 0 heterocycles. The number of carbonyl (C=O) groups excluding carboxylic acids is 2. The van der Waals surface area contributed by atoms with E-state index in [1.807, 2.05) is 19.1 Å². The number of non-ortho nitro benzene ring substituents is 1. The quantitative estimate of drug-likeness (QED) is 0.334. The van der Waals surface area contributed by atoms with Crippen LogP contribution in [0.5, 0.6) is 0 Å². The first-order valence-electron chi connectivity index (χ1n) is 9.09. The third-order valence-electron chi connectivity index (χ3n) is 4.35. The Morgan fingerprint density at radius 1 is 1.03 bits per heavy atom. The average molecular weight is 437 g/mol. The predicted molar refractivity (Wildman–Crippen MR) is 119 cm³/mol. The fraction of sp³-hybridized carbons (Fsp3) is 0.0455. The monoisotopic (exact) mass is 436 g/mol. The minimum Gasteiger partial charge on any atom is -0.322 e. The fourth-order valence-electron chi connectivity index (χ4n) is 2.70. The summed E-state index contributed by atoms with van der Waals surface area (Å²) in [4.78, 5) is 34.9. The molecule has 2 N–H and O–H groups in total. The van der Waals surface area contributed by atoms with Gasteiger partial charge in [-0.2, -0.15) is 5.10 Å². The first-order valence-corrected chi connectivity index (χ1v) is 9.47. The van der Waals surface area contributed by atoms with Crippen molar-refractivity contribution in [3.63, 3.8) is 0 Å². The van der Waals surface area contributed by atoms with Gasteiger partial charge in [0.1, 0.15) is 0 Å². The van der Waals surface area contributed by atoms with Crippen molar-refractivity contribution in [2.75, 3.05) is 5.32 Å². The molecule has 0 radical (unpaired) electrons. The van der Waals surface area contributed by atoms with E-state index in [-0.39, 0.29) is 16.6 Å². The highest BCUT2D eigenvalue weighted by Gasteiger charge is 2.11. The van der Waals surface area contributed by atoms with Gasteiger partial charge in [0.05, 0.1) is 11.1 Å². The number of nitro benzene ring substituents is 1. The van der Waals surface area contributed by atoms with Crippen LogP contribution < -0.4 is 10.7 Å². The van der Waals surface area contributed by atoms with Crippen LogP contribution in [0.2, 0.25) is 5.02 Å². The lowest BCUT2D eigenvalue weighted by Crippen LogP contribution is -2.18. The van der Waals surface area contributed by atoms with Crippen molar-refractivity contribution in [3.8, 4) is 0 Å². The molecular formula is C22H17ClN4O4. The summed E-state index contributed by atoms with van der Waals surface area (Å²) in [5.74, 6) is -0.733. The molecule has 0 aliphatic carbocycles. The number of hydrogen-bond acceptors (Lipinski definition) is 5. The van der Waals surface area contributed by atoms with Crippen molar-refractivity contribution >= 4 is 41.0 Å². The van der Waals surface area contributed by atoms with Crippen molar-refractivity contribution in [3.05, 3.63) is 104 Å². The van der Waals surface area contributed by atoms with Crippen molar-refractivity contribution in [1.29, 1.82) is 0 Å². The van der Waals surface area contributed by atoms with Crippen molar-refractivity contribution < 1.29 is 14.5 Å². The molecular weight excluding hydrogens is 420 g/mol. The number of carbonyl (C=O) groups is 2. The average Bonchev–Trinajstić information content (AvgIpc) is 2.75. The largest absolute Gasteiger partial charge is 0.322 e. The Morgan fingerprint density at radius 2 is 1.74 bits per heavy atom. The zero-order valence-corrected chi connectivity index (χ0v) is 17.1. The molecule has 9 heteroatoms. The topological polar surface area (TPSA) is 114 Å². The SMILES string of the molecule is Cc1ccccc1C(=O)Nc1ccc(C(=O)NN=Cc2cc([N+](=O)[O-])ccc2Cl)cc1. The van der Waals surface area contributed by atoms with Crippen LogP contribution in [0.4, 0.5) is 11.4 Å². The van der Waals surface area contributed by atoms with Gasteiger partial charge < -0.3 is 5.32 Å². The van der Waals surface area contributed by atoms with E-state index in [1.165, 1.54) is 24.4 Å². The third kappa shape index (κ3) is 5.52. The molecule has 0 bridgehead atoms. The zero-order chi connectivity index (χ0) is 22.4. The van der Waals surface area contributed by atoms with Crippen LogP contribution in [-0.4, -0.2) is 23.0 Å². The van der Waals surface area contributed by atoms with Gasteiger partial charge in [0.15, 0.2) is 0 Å². The van der Waals surface area contributed by atoms with Gasteiger partial charge >= 0.3 is 0 Å². The number of nitrogens with one attached hydrogen (secondary N) is 2. The Hall–Kier alpha value is -4.04. The number of rotatable bonds is 6. The maximum atomic E-state index is 12.4. The van der Waals surface area contributed by atoms with Crippen LogP contribution in [0.1, 0.15) is 31.8 Å². The van der Waals surface area contributed by atoms with Gasteiger partial charge in [0.2, 0.25) is 0 Å². The number of anilines is 1. The molecule has 0 aliphatic heterocycles. The first kappa shape index (κ1) is 21.7. The van der Waals surface area contributed by atoms with Crippen LogP contribution in [0.15, 0.2) is 71.8 Å². The molecule has 0 unspecified atom stereocenters. The van der Waals surface area contributed by atoms with Crippen LogP contribution in [0.25, 0.3) is 0 Å². The fourth-order valence-corrected chi connectivity index (χ4v) is 2.87. The second kappa shape index (κ2) is 9.64. The highest BCUT2D eigenvalue weighted by Crippen LogP contribution is 2.20. The van der Waals surface area contributed by atoms with Crippen molar-refractivity contribution in [2.24, 2.45) is 5.10 Å². The molecule has 156 valence electrons. The summed E-state index contributed by atoms with van der Waals surface area (Å²) < 4.78 is 0. The van der Waals surface area contributed by atoms with Gasteiger partial charge in [0, 0.05) is 39.5 Å². The van der Waals surface area contributed by atoms with E-state index in [1.54, 1.807) is 36.4 Å². The van der Waals surface area contributed by atoms with Crippen molar-refractivity contribution in [2.45, 2.75) is 6.92 Å². The minimum absolute atomic E-state index is 0.138. The Bertz CT molecular complexity index is 1180. The van der Waals surface area contributed by atoms with E-state index in [9.17, 15) is 19.7 Å². The number of benzene rings is 3. The molecule has 2 amide bonds. The van der Waals surface area contributed by atoms with Crippen LogP contribution in [0.3, 0.4) is 0 Å². The molecule has 0 fully saturated rings. The maximum absolute atomic E-state index is 12.4. The summed E-state index contributed by atoms with van der Waals surface area (Å²) in [6.45, 7) is 1.85. The number of aryl methyl sites for hydroxylation is 1. The van der Waals surface area contributed by atoms with E-state index in [0.717, 1.165) is 5.56 Å². The third-order valence-corrected chi connectivity index (χ3v) is 4.70. The molecule has 3 aromatic carbocycles. The molecule has 0 aliphatic rings. The number of amides is 2. The number of hydrogen-bond donors (Lipinski definition) is 2. The van der Waals surface area contributed by atoms with E-state index >= 15 is 0 Å². The molecule has 0 aromatic heterocycles. The Kier molecular flexibility index (Phi) is 6.74. The van der Waals surface area contributed by atoms with E-state index in [0.29, 0.717) is 22.4 Å². The number of nitro groups is 1. The highest BCUT2D eigenvalue weighted by atomic mass is 35.5. The molecule has 3 rings (SSSR count).